The van der Waals surface area contributed by atoms with Gasteiger partial charge in [0.15, 0.2) is 5.69 Å². The van der Waals surface area contributed by atoms with Crippen LogP contribution in [-0.4, -0.2) is 26.4 Å². The van der Waals surface area contributed by atoms with Crippen LogP contribution in [0.5, 0.6) is 0 Å². The number of halogens is 9. The van der Waals surface area contributed by atoms with Crippen molar-refractivity contribution in [2.75, 3.05) is 11.1 Å². The molecule has 1 atom stereocenters. The fourth-order valence-electron chi connectivity index (χ4n) is 2.30. The van der Waals surface area contributed by atoms with Gasteiger partial charge in [0.2, 0.25) is 5.60 Å². The summed E-state index contributed by atoms with van der Waals surface area (Å²) in [5, 5.41) is 20.4. The minimum Gasteiger partial charge on any atom is -0.383 e. The van der Waals surface area contributed by atoms with E-state index in [0.717, 1.165) is 0 Å². The van der Waals surface area contributed by atoms with Gasteiger partial charge in [0.1, 0.15) is 17.6 Å². The van der Waals surface area contributed by atoms with Gasteiger partial charge in [-0.25, -0.2) is 4.68 Å². The number of nitrogens with zero attached hydrogens (tertiary/aromatic N) is 3. The van der Waals surface area contributed by atoms with Gasteiger partial charge in [0.05, 0.1) is 21.2 Å². The largest absolute Gasteiger partial charge is 0.422 e. The summed E-state index contributed by atoms with van der Waals surface area (Å²) in [7, 11) is 0. The number of nitrogen functional groups attached to an aromatic ring is 1. The van der Waals surface area contributed by atoms with Crippen molar-refractivity contribution in [1.29, 1.82) is 5.26 Å². The zero-order chi connectivity index (χ0) is 21.7. The molecule has 1 aromatic carbocycles. The van der Waals surface area contributed by atoms with Gasteiger partial charge in [-0.3, -0.25) is 0 Å². The molecule has 0 saturated carbocycles. The molecule has 28 heavy (non-hydrogen) atoms. The zero-order valence-corrected chi connectivity index (χ0v) is 16.2. The van der Waals surface area contributed by atoms with Crippen LogP contribution in [0.25, 0.3) is 5.69 Å². The van der Waals surface area contributed by atoms with Crippen LogP contribution in [0.4, 0.5) is 32.2 Å². The summed E-state index contributed by atoms with van der Waals surface area (Å²) in [5.41, 5.74) is -1.66. The van der Waals surface area contributed by atoms with Crippen molar-refractivity contribution >= 4 is 44.9 Å². The highest BCUT2D eigenvalue weighted by molar-refractivity contribution is 9.09. The number of aromatic nitrogens is 2. The summed E-state index contributed by atoms with van der Waals surface area (Å²) < 4.78 is 79.2. The van der Waals surface area contributed by atoms with Crippen molar-refractivity contribution in [2.45, 2.75) is 18.0 Å². The summed E-state index contributed by atoms with van der Waals surface area (Å²) in [6.45, 7) is 0. The van der Waals surface area contributed by atoms with E-state index in [-0.39, 0.29) is 0 Å². The van der Waals surface area contributed by atoms with Crippen LogP contribution in [0, 0.1) is 11.3 Å². The summed E-state index contributed by atoms with van der Waals surface area (Å²) in [6, 6.07) is 2.29. The Morgan fingerprint density at radius 1 is 1.18 bits per heavy atom. The maximum absolute atomic E-state index is 13.4. The molecule has 0 aliphatic carbocycles. The molecule has 1 unspecified atom stereocenters. The van der Waals surface area contributed by atoms with Crippen LogP contribution >= 0.6 is 39.1 Å². The van der Waals surface area contributed by atoms with Gasteiger partial charge in [-0.15, -0.1) is 0 Å². The van der Waals surface area contributed by atoms with E-state index in [1.54, 1.807) is 0 Å². The highest BCUT2D eigenvalue weighted by Gasteiger charge is 2.57. The maximum atomic E-state index is 13.4. The predicted molar refractivity (Wildman–Crippen MR) is 91.5 cm³/mol. The lowest BCUT2D eigenvalue weighted by Crippen LogP contribution is -2.44. The Kier molecular flexibility index (Phi) is 5.89. The Balaban J connectivity index is 2.82. The highest BCUT2D eigenvalue weighted by atomic mass is 79.9. The normalized spacial score (nSPS) is 14.6. The third-order valence-electron chi connectivity index (χ3n) is 3.66. The molecular weight excluding hydrogens is 505 g/mol. The monoisotopic (exact) mass is 510 g/mol. The van der Waals surface area contributed by atoms with Gasteiger partial charge in [-0.05, 0) is 12.1 Å². The number of alkyl halides is 7. The van der Waals surface area contributed by atoms with Crippen LogP contribution in [0.3, 0.4) is 0 Å². The van der Waals surface area contributed by atoms with Crippen molar-refractivity contribution in [3.05, 3.63) is 39.0 Å². The van der Waals surface area contributed by atoms with E-state index >= 15 is 0 Å². The molecule has 0 aliphatic heterocycles. The first-order valence-corrected chi connectivity index (χ1v) is 8.77. The molecule has 5 nitrogen and oxygen atoms in total. The number of anilines is 1. The Labute approximate surface area is 171 Å². The first-order valence-electron chi connectivity index (χ1n) is 6.89. The fourth-order valence-corrected chi connectivity index (χ4v) is 3.55. The second kappa shape index (κ2) is 7.29. The van der Waals surface area contributed by atoms with E-state index in [4.69, 9.17) is 34.2 Å². The van der Waals surface area contributed by atoms with Gasteiger partial charge in [0.25, 0.3) is 0 Å². The minimum atomic E-state index is -5.27. The lowest BCUT2D eigenvalue weighted by Gasteiger charge is -2.28. The Morgan fingerprint density at radius 2 is 1.68 bits per heavy atom. The summed E-state index contributed by atoms with van der Waals surface area (Å²) in [5.74, 6) is -0.876. The van der Waals surface area contributed by atoms with Crippen molar-refractivity contribution in [1.82, 2.24) is 9.78 Å². The summed E-state index contributed by atoms with van der Waals surface area (Å²) in [6.07, 6.45) is -10.1. The first-order chi connectivity index (χ1) is 12.7. The fraction of sp³-hybridized carbons (Fsp3) is 0.286. The standard InChI is InChI=1S/C14H7BrCl2F6N4O/c15-4-12(28,14(21,22)23)9-8(3-24)26-27(11(9)25)10-6(16)1-5(2-7(10)17)13(18,19)20/h1-2,28H,4,25H2. The lowest BCUT2D eigenvalue weighted by molar-refractivity contribution is -0.255. The van der Waals surface area contributed by atoms with Gasteiger partial charge in [0, 0.05) is 5.33 Å². The third kappa shape index (κ3) is 3.63. The second-order valence-electron chi connectivity index (χ2n) is 5.41. The molecule has 0 aliphatic rings. The number of rotatable bonds is 3. The molecule has 0 fully saturated rings. The molecule has 0 amide bonds. The van der Waals surface area contributed by atoms with Gasteiger partial charge in [-0.1, -0.05) is 39.1 Å². The Morgan fingerprint density at radius 3 is 2.04 bits per heavy atom. The molecule has 3 N–H and O–H groups in total. The maximum Gasteiger partial charge on any atom is 0.422 e. The number of nitrogens with two attached hydrogens (primary N) is 1. The Hall–Kier alpha value is -1.68. The number of nitriles is 1. The molecule has 0 spiro atoms. The van der Waals surface area contributed by atoms with Crippen LogP contribution in [0.1, 0.15) is 16.8 Å². The molecule has 0 saturated heterocycles. The number of benzene rings is 1. The van der Waals surface area contributed by atoms with Gasteiger partial charge < -0.3 is 10.8 Å². The summed E-state index contributed by atoms with van der Waals surface area (Å²) in [4.78, 5) is 0. The second-order valence-corrected chi connectivity index (χ2v) is 6.79. The van der Waals surface area contributed by atoms with Crippen LogP contribution in [0.15, 0.2) is 12.1 Å². The van der Waals surface area contributed by atoms with Crippen molar-refractivity contribution < 1.29 is 31.4 Å². The zero-order valence-electron chi connectivity index (χ0n) is 13.1. The third-order valence-corrected chi connectivity index (χ3v) is 5.05. The van der Waals surface area contributed by atoms with Crippen LogP contribution < -0.4 is 5.73 Å². The molecule has 152 valence electrons. The lowest BCUT2D eigenvalue weighted by atomic mass is 9.95. The molecule has 0 bridgehead atoms. The summed E-state index contributed by atoms with van der Waals surface area (Å²) >= 11 is 14.1. The van der Waals surface area contributed by atoms with Crippen LogP contribution in [0.2, 0.25) is 10.0 Å². The average molecular weight is 512 g/mol. The predicted octanol–water partition coefficient (Wildman–Crippen LogP) is 4.80. The molecule has 1 heterocycles. The minimum absolute atomic E-state index is 0.468. The highest BCUT2D eigenvalue weighted by Crippen LogP contribution is 2.45. The quantitative estimate of drug-likeness (QED) is 0.458. The van der Waals surface area contributed by atoms with Crippen molar-refractivity contribution in [3.8, 4) is 11.8 Å². The number of hydrogen-bond donors (Lipinski definition) is 2. The van der Waals surface area contributed by atoms with E-state index in [1.165, 1.54) is 6.07 Å². The first kappa shape index (κ1) is 22.6. The molecule has 0 radical (unpaired) electrons. The molecule has 1 aromatic heterocycles. The molecular formula is C14H7BrCl2F6N4O. The van der Waals surface area contributed by atoms with Crippen LogP contribution in [-0.2, 0) is 11.8 Å². The van der Waals surface area contributed by atoms with E-state index in [2.05, 4.69) is 21.0 Å². The molecule has 2 rings (SSSR count). The van der Waals surface area contributed by atoms with E-state index in [0.29, 0.717) is 16.8 Å². The van der Waals surface area contributed by atoms with Gasteiger partial charge >= 0.3 is 12.4 Å². The van der Waals surface area contributed by atoms with E-state index in [1.807, 2.05) is 0 Å². The average Bonchev–Trinajstić information content (AvgIpc) is 2.88. The topological polar surface area (TPSA) is 87.9 Å². The SMILES string of the molecule is N#Cc1nn(-c2c(Cl)cc(C(F)(F)F)cc2Cl)c(N)c1C(O)(CBr)C(F)(F)F. The smallest absolute Gasteiger partial charge is 0.383 e. The number of aliphatic hydroxyl groups is 1. The Bertz CT molecular complexity index is 945. The van der Waals surface area contributed by atoms with Crippen molar-refractivity contribution in [3.63, 3.8) is 0 Å². The molecule has 14 heteroatoms. The van der Waals surface area contributed by atoms with E-state index in [9.17, 15) is 31.4 Å². The number of hydrogen-bond acceptors (Lipinski definition) is 4. The molecule has 2 aromatic rings. The van der Waals surface area contributed by atoms with Crippen molar-refractivity contribution in [2.24, 2.45) is 0 Å². The van der Waals surface area contributed by atoms with E-state index < -0.39 is 61.7 Å². The van der Waals surface area contributed by atoms with Gasteiger partial charge in [-0.2, -0.15) is 36.7 Å².